The number of halogens is 1. The lowest BCUT2D eigenvalue weighted by Gasteiger charge is -2.08. The molecule has 0 atom stereocenters. The topological polar surface area (TPSA) is 108 Å². The van der Waals surface area contributed by atoms with E-state index in [-0.39, 0.29) is 22.0 Å². The predicted octanol–water partition coefficient (Wildman–Crippen LogP) is 3.31. The summed E-state index contributed by atoms with van der Waals surface area (Å²) in [4.78, 5) is 22.6. The van der Waals surface area contributed by atoms with Gasteiger partial charge in [-0.25, -0.2) is 13.4 Å². The first-order valence-electron chi connectivity index (χ1n) is 8.34. The van der Waals surface area contributed by atoms with Gasteiger partial charge >= 0.3 is 0 Å². The Kier molecular flexibility index (Phi) is 4.66. The molecule has 2 heterocycles. The number of fused-ring (bicyclic) bond motifs is 1. The van der Waals surface area contributed by atoms with E-state index < -0.39 is 15.7 Å². The molecule has 0 aliphatic rings. The van der Waals surface area contributed by atoms with Gasteiger partial charge in [0.25, 0.3) is 5.91 Å². The second-order valence-electron chi connectivity index (χ2n) is 6.05. The molecule has 2 aromatic heterocycles. The van der Waals surface area contributed by atoms with Crippen molar-refractivity contribution in [2.75, 3.05) is 0 Å². The van der Waals surface area contributed by atoms with E-state index in [0.29, 0.717) is 21.7 Å². The Morgan fingerprint density at radius 2 is 1.93 bits per heavy atom. The number of aromatic nitrogens is 3. The van der Waals surface area contributed by atoms with Crippen molar-refractivity contribution in [3.8, 4) is 0 Å². The molecule has 2 aromatic carbocycles. The molecule has 142 valence electrons. The van der Waals surface area contributed by atoms with Gasteiger partial charge in [-0.1, -0.05) is 29.8 Å². The number of carbonyl (C=O) groups excluding carboxylic acids is 1. The summed E-state index contributed by atoms with van der Waals surface area (Å²) in [6.07, 6.45) is 3.20. The van der Waals surface area contributed by atoms with Gasteiger partial charge in [0, 0.05) is 28.3 Å². The highest BCUT2D eigenvalue weighted by molar-refractivity contribution is 7.91. The molecular weight excluding hydrogens is 400 g/mol. The number of hydrogen-bond acceptors (Lipinski definition) is 4. The van der Waals surface area contributed by atoms with E-state index in [2.05, 4.69) is 20.3 Å². The first-order chi connectivity index (χ1) is 13.5. The van der Waals surface area contributed by atoms with Crippen molar-refractivity contribution in [2.24, 2.45) is 0 Å². The van der Waals surface area contributed by atoms with Crippen LogP contribution in [0, 0.1) is 0 Å². The van der Waals surface area contributed by atoms with Crippen molar-refractivity contribution in [1.29, 1.82) is 0 Å². The fraction of sp³-hybridized carbons (Fsp3) is 0.0526. The smallest absolute Gasteiger partial charge is 0.269 e. The fourth-order valence-corrected chi connectivity index (χ4v) is 4.74. The van der Waals surface area contributed by atoms with E-state index in [0.717, 1.165) is 0 Å². The number of amides is 1. The molecule has 9 heteroatoms. The van der Waals surface area contributed by atoms with Crippen LogP contribution in [0.3, 0.4) is 0 Å². The van der Waals surface area contributed by atoms with Crippen molar-refractivity contribution in [1.82, 2.24) is 20.3 Å². The molecule has 0 radical (unpaired) electrons. The van der Waals surface area contributed by atoms with Gasteiger partial charge in [-0.3, -0.25) is 4.79 Å². The zero-order valence-corrected chi connectivity index (χ0v) is 16.0. The summed E-state index contributed by atoms with van der Waals surface area (Å²) in [5, 5.41) is 3.41. The summed E-state index contributed by atoms with van der Waals surface area (Å²) in [7, 11) is -3.96. The van der Waals surface area contributed by atoms with E-state index in [1.807, 2.05) is 0 Å². The zero-order chi connectivity index (χ0) is 19.7. The van der Waals surface area contributed by atoms with Gasteiger partial charge in [0.1, 0.15) is 16.4 Å². The Hall–Kier alpha value is -3.10. The van der Waals surface area contributed by atoms with Gasteiger partial charge in [-0.2, -0.15) is 0 Å². The van der Waals surface area contributed by atoms with Crippen LogP contribution >= 0.6 is 11.6 Å². The molecular formula is C19H15ClN4O3S. The van der Waals surface area contributed by atoms with Crippen LogP contribution in [-0.4, -0.2) is 29.3 Å². The molecule has 0 aliphatic heterocycles. The molecule has 0 saturated heterocycles. The van der Waals surface area contributed by atoms with Crippen molar-refractivity contribution in [3.05, 3.63) is 77.5 Å². The van der Waals surface area contributed by atoms with E-state index in [1.165, 1.54) is 18.2 Å². The van der Waals surface area contributed by atoms with Gasteiger partial charge in [-0.15, -0.1) is 0 Å². The molecule has 4 aromatic rings. The number of rotatable bonds is 5. The van der Waals surface area contributed by atoms with Crippen molar-refractivity contribution >= 4 is 38.2 Å². The molecule has 7 nitrogen and oxygen atoms in total. The minimum absolute atomic E-state index is 0.0484. The lowest BCUT2D eigenvalue weighted by molar-refractivity contribution is 0.0942. The number of carbonyl (C=O) groups is 1. The Balaban J connectivity index is 1.84. The monoisotopic (exact) mass is 414 g/mol. The van der Waals surface area contributed by atoms with Crippen LogP contribution in [-0.2, 0) is 16.4 Å². The molecule has 0 saturated carbocycles. The summed E-state index contributed by atoms with van der Waals surface area (Å²) >= 11 is 6.08. The lowest BCUT2D eigenvalue weighted by atomic mass is 10.2. The maximum absolute atomic E-state index is 13.3. The normalized spacial score (nSPS) is 11.6. The SMILES string of the molecule is O=C(NCc1ncc[nH]1)c1[nH]c2ccc(Cl)cc2c1S(=O)(=O)c1ccccc1. The largest absolute Gasteiger partial charge is 0.349 e. The van der Waals surface area contributed by atoms with Gasteiger partial charge in [0.05, 0.1) is 11.4 Å². The summed E-state index contributed by atoms with van der Waals surface area (Å²) in [5.74, 6) is -0.00167. The Labute approximate surface area is 165 Å². The molecule has 4 rings (SSSR count). The third-order valence-corrected chi connectivity index (χ3v) is 6.32. The number of benzene rings is 2. The molecule has 1 amide bonds. The first kappa shape index (κ1) is 18.3. The van der Waals surface area contributed by atoms with Gasteiger partial charge in [0.2, 0.25) is 9.84 Å². The minimum atomic E-state index is -3.96. The van der Waals surface area contributed by atoms with Gasteiger partial charge < -0.3 is 15.3 Å². The maximum Gasteiger partial charge on any atom is 0.269 e. The average molecular weight is 415 g/mol. The number of aromatic amines is 2. The summed E-state index contributed by atoms with van der Waals surface area (Å²) in [6.45, 7) is 0.132. The van der Waals surface area contributed by atoms with Gasteiger partial charge in [0.15, 0.2) is 0 Å². The summed E-state index contributed by atoms with van der Waals surface area (Å²) in [5.41, 5.74) is 0.453. The number of H-pyrrole nitrogens is 2. The number of sulfone groups is 1. The van der Waals surface area contributed by atoms with Gasteiger partial charge in [-0.05, 0) is 30.3 Å². The molecule has 0 fully saturated rings. The Bertz CT molecular complexity index is 1250. The van der Waals surface area contributed by atoms with Crippen LogP contribution in [0.5, 0.6) is 0 Å². The molecule has 0 bridgehead atoms. The number of hydrogen-bond donors (Lipinski definition) is 3. The Morgan fingerprint density at radius 3 is 2.64 bits per heavy atom. The maximum atomic E-state index is 13.3. The molecule has 28 heavy (non-hydrogen) atoms. The van der Waals surface area contributed by atoms with Crippen LogP contribution < -0.4 is 5.32 Å². The third kappa shape index (κ3) is 3.28. The van der Waals surface area contributed by atoms with E-state index in [4.69, 9.17) is 11.6 Å². The van der Waals surface area contributed by atoms with E-state index in [9.17, 15) is 13.2 Å². The molecule has 3 N–H and O–H groups in total. The quantitative estimate of drug-likeness (QED) is 0.465. The molecule has 0 spiro atoms. The Morgan fingerprint density at radius 1 is 1.14 bits per heavy atom. The molecule has 0 unspecified atom stereocenters. The van der Waals surface area contributed by atoms with E-state index in [1.54, 1.807) is 42.7 Å². The second-order valence-corrected chi connectivity index (χ2v) is 8.38. The fourth-order valence-electron chi connectivity index (χ4n) is 2.94. The van der Waals surface area contributed by atoms with Crippen LogP contribution in [0.25, 0.3) is 10.9 Å². The van der Waals surface area contributed by atoms with Crippen molar-refractivity contribution in [2.45, 2.75) is 16.3 Å². The number of nitrogens with one attached hydrogen (secondary N) is 3. The highest BCUT2D eigenvalue weighted by Gasteiger charge is 2.29. The number of imidazole rings is 1. The van der Waals surface area contributed by atoms with Crippen LogP contribution in [0.15, 0.2) is 70.7 Å². The summed E-state index contributed by atoms with van der Waals surface area (Å²) < 4.78 is 26.6. The predicted molar refractivity (Wildman–Crippen MR) is 105 cm³/mol. The number of nitrogens with zero attached hydrogens (tertiary/aromatic N) is 1. The van der Waals surface area contributed by atoms with Crippen molar-refractivity contribution in [3.63, 3.8) is 0 Å². The van der Waals surface area contributed by atoms with Crippen molar-refractivity contribution < 1.29 is 13.2 Å². The standard InChI is InChI=1S/C19H15ClN4O3S/c20-12-6-7-15-14(10-12)18(28(26,27)13-4-2-1-3-5-13)17(24-15)19(25)23-11-16-21-8-9-22-16/h1-10,24H,11H2,(H,21,22)(H,23,25). The molecule has 0 aliphatic carbocycles. The average Bonchev–Trinajstić information content (AvgIpc) is 3.34. The van der Waals surface area contributed by atoms with E-state index >= 15 is 0 Å². The van der Waals surface area contributed by atoms with Crippen LogP contribution in [0.1, 0.15) is 16.3 Å². The van der Waals surface area contributed by atoms with Crippen LogP contribution in [0.4, 0.5) is 0 Å². The second kappa shape index (κ2) is 7.14. The highest BCUT2D eigenvalue weighted by atomic mass is 35.5. The summed E-state index contributed by atoms with van der Waals surface area (Å²) in [6, 6.07) is 12.8. The first-order valence-corrected chi connectivity index (χ1v) is 10.2. The van der Waals surface area contributed by atoms with Crippen LogP contribution in [0.2, 0.25) is 5.02 Å². The highest BCUT2D eigenvalue weighted by Crippen LogP contribution is 2.33. The third-order valence-electron chi connectivity index (χ3n) is 4.23. The lowest BCUT2D eigenvalue weighted by Crippen LogP contribution is -2.25. The minimum Gasteiger partial charge on any atom is -0.349 e. The zero-order valence-electron chi connectivity index (χ0n) is 14.4.